The number of nitrogens with zero attached hydrogens (tertiary/aromatic N) is 1. The first-order valence-corrected chi connectivity index (χ1v) is 8.87. The molecule has 1 aromatic carbocycles. The van der Waals surface area contributed by atoms with Crippen LogP contribution in [0.3, 0.4) is 0 Å². The average molecular weight is 369 g/mol. The molecule has 1 aromatic heterocycles. The highest BCUT2D eigenvalue weighted by Gasteiger charge is 2.30. The number of nitrogens with one attached hydrogen (secondary N) is 2. The topological polar surface area (TPSA) is 54.0 Å². The quantitative estimate of drug-likeness (QED) is 0.870. The molecule has 134 valence electrons. The van der Waals surface area contributed by atoms with Crippen molar-refractivity contribution in [3.63, 3.8) is 0 Å². The summed E-state index contributed by atoms with van der Waals surface area (Å²) >= 11 is 1.16. The molecule has 2 unspecified atom stereocenters. The van der Waals surface area contributed by atoms with Gasteiger partial charge in [0.2, 0.25) is 0 Å². The molecule has 1 aliphatic heterocycles. The second-order valence-electron chi connectivity index (χ2n) is 6.17. The number of amides is 1. The van der Waals surface area contributed by atoms with E-state index in [-0.39, 0.29) is 17.6 Å². The molecule has 0 aliphatic carbocycles. The molecule has 1 amide bonds. The monoisotopic (exact) mass is 369 g/mol. The number of rotatable bonds is 3. The molecule has 1 aliphatic rings. The number of carbonyl (C=O) groups excluding carboxylic acids is 1. The highest BCUT2D eigenvalue weighted by Crippen LogP contribution is 2.33. The lowest BCUT2D eigenvalue weighted by Gasteiger charge is -2.29. The van der Waals surface area contributed by atoms with Crippen LogP contribution in [0.4, 0.5) is 13.2 Å². The van der Waals surface area contributed by atoms with Crippen molar-refractivity contribution in [1.29, 1.82) is 0 Å². The number of alkyl halides is 3. The van der Waals surface area contributed by atoms with Crippen LogP contribution in [0.2, 0.25) is 0 Å². The van der Waals surface area contributed by atoms with Gasteiger partial charge in [0.05, 0.1) is 5.56 Å². The van der Waals surface area contributed by atoms with Crippen molar-refractivity contribution in [2.75, 3.05) is 13.1 Å². The van der Waals surface area contributed by atoms with Gasteiger partial charge < -0.3 is 10.6 Å². The number of benzene rings is 1. The summed E-state index contributed by atoms with van der Waals surface area (Å²) in [5, 5.41) is 8.21. The van der Waals surface area contributed by atoms with Crippen molar-refractivity contribution in [3.05, 3.63) is 40.9 Å². The molecular formula is C17H18F3N3OS. The van der Waals surface area contributed by atoms with Crippen molar-refractivity contribution in [1.82, 2.24) is 15.6 Å². The molecular weight excluding hydrogens is 351 g/mol. The van der Waals surface area contributed by atoms with Gasteiger partial charge in [-0.3, -0.25) is 4.79 Å². The number of aromatic nitrogens is 1. The third kappa shape index (κ3) is 4.19. The van der Waals surface area contributed by atoms with Crippen LogP contribution in [0.25, 0.3) is 10.6 Å². The van der Waals surface area contributed by atoms with Crippen molar-refractivity contribution in [2.45, 2.75) is 25.6 Å². The van der Waals surface area contributed by atoms with Crippen LogP contribution in [0.5, 0.6) is 0 Å². The van der Waals surface area contributed by atoms with Crippen LogP contribution in [-0.4, -0.2) is 30.0 Å². The number of carbonyl (C=O) groups is 1. The van der Waals surface area contributed by atoms with E-state index in [0.29, 0.717) is 16.5 Å². The maximum absolute atomic E-state index is 12.8. The van der Waals surface area contributed by atoms with Gasteiger partial charge in [-0.15, -0.1) is 11.3 Å². The molecule has 2 heterocycles. The van der Waals surface area contributed by atoms with E-state index in [1.807, 2.05) is 0 Å². The van der Waals surface area contributed by atoms with Gasteiger partial charge in [0.25, 0.3) is 5.91 Å². The Hall–Kier alpha value is -1.93. The fourth-order valence-electron chi connectivity index (χ4n) is 2.81. The van der Waals surface area contributed by atoms with E-state index in [1.54, 1.807) is 11.4 Å². The Labute approximate surface area is 147 Å². The summed E-state index contributed by atoms with van der Waals surface area (Å²) in [5.74, 6) is 0.0347. The number of piperidine rings is 1. The normalized spacial score (nSPS) is 21.1. The summed E-state index contributed by atoms with van der Waals surface area (Å²) in [7, 11) is 0. The van der Waals surface area contributed by atoms with Crippen LogP contribution in [0, 0.1) is 5.92 Å². The second kappa shape index (κ2) is 7.13. The lowest BCUT2D eigenvalue weighted by atomic mass is 9.95. The second-order valence-corrected chi connectivity index (χ2v) is 7.02. The van der Waals surface area contributed by atoms with Crippen molar-refractivity contribution < 1.29 is 18.0 Å². The Morgan fingerprint density at radius 2 is 2.20 bits per heavy atom. The van der Waals surface area contributed by atoms with Crippen molar-refractivity contribution in [3.8, 4) is 10.6 Å². The Kier molecular flexibility index (Phi) is 5.10. The predicted molar refractivity (Wildman–Crippen MR) is 90.5 cm³/mol. The molecule has 3 rings (SSSR count). The lowest BCUT2D eigenvalue weighted by molar-refractivity contribution is -0.137. The molecule has 0 bridgehead atoms. The Bertz CT molecular complexity index is 760. The van der Waals surface area contributed by atoms with Gasteiger partial charge >= 0.3 is 6.18 Å². The van der Waals surface area contributed by atoms with E-state index >= 15 is 0 Å². The van der Waals surface area contributed by atoms with E-state index in [4.69, 9.17) is 0 Å². The zero-order valence-electron chi connectivity index (χ0n) is 13.6. The van der Waals surface area contributed by atoms with E-state index in [2.05, 4.69) is 22.5 Å². The van der Waals surface area contributed by atoms with Gasteiger partial charge in [0, 0.05) is 17.0 Å². The molecule has 0 spiro atoms. The van der Waals surface area contributed by atoms with Crippen LogP contribution in [0.15, 0.2) is 29.6 Å². The van der Waals surface area contributed by atoms with Gasteiger partial charge in [0.1, 0.15) is 10.7 Å². The van der Waals surface area contributed by atoms with E-state index < -0.39 is 11.7 Å². The zero-order chi connectivity index (χ0) is 18.0. The summed E-state index contributed by atoms with van der Waals surface area (Å²) in [4.78, 5) is 16.6. The fraction of sp³-hybridized carbons (Fsp3) is 0.412. The summed E-state index contributed by atoms with van der Waals surface area (Å²) in [5.41, 5.74) is -0.132. The first-order chi connectivity index (χ1) is 11.8. The average Bonchev–Trinajstić information content (AvgIpc) is 3.06. The summed E-state index contributed by atoms with van der Waals surface area (Å²) in [6.45, 7) is 3.76. The number of hydrogen-bond donors (Lipinski definition) is 2. The molecule has 4 nitrogen and oxygen atoms in total. The van der Waals surface area contributed by atoms with Crippen LogP contribution in [0.1, 0.15) is 29.4 Å². The highest BCUT2D eigenvalue weighted by atomic mass is 32.1. The first kappa shape index (κ1) is 17.9. The lowest BCUT2D eigenvalue weighted by Crippen LogP contribution is -2.48. The summed E-state index contributed by atoms with van der Waals surface area (Å²) in [6.07, 6.45) is -3.56. The summed E-state index contributed by atoms with van der Waals surface area (Å²) < 4.78 is 38.5. The van der Waals surface area contributed by atoms with E-state index in [1.165, 1.54) is 6.07 Å². The third-order valence-corrected chi connectivity index (χ3v) is 5.17. The summed E-state index contributed by atoms with van der Waals surface area (Å²) in [6, 6.07) is 5.05. The largest absolute Gasteiger partial charge is 0.416 e. The van der Waals surface area contributed by atoms with Gasteiger partial charge in [0.15, 0.2) is 0 Å². The molecule has 25 heavy (non-hydrogen) atoms. The van der Waals surface area contributed by atoms with Crippen molar-refractivity contribution >= 4 is 17.2 Å². The van der Waals surface area contributed by atoms with E-state index in [0.717, 1.165) is 43.0 Å². The van der Waals surface area contributed by atoms with Crippen LogP contribution >= 0.6 is 11.3 Å². The van der Waals surface area contributed by atoms with Crippen molar-refractivity contribution in [2.24, 2.45) is 5.92 Å². The predicted octanol–water partition coefficient (Wildman–Crippen LogP) is 3.56. The maximum Gasteiger partial charge on any atom is 0.416 e. The van der Waals surface area contributed by atoms with Gasteiger partial charge in [-0.05, 0) is 37.6 Å². The number of hydrogen-bond acceptors (Lipinski definition) is 4. The molecule has 1 fully saturated rings. The standard InChI is InChI=1S/C17H18F3N3OS/c1-10-8-21-6-5-13(10)22-15(24)14-9-25-16(23-14)11-3-2-4-12(7-11)17(18,19)20/h2-4,7,9-10,13,21H,5-6,8H2,1H3,(H,22,24). The highest BCUT2D eigenvalue weighted by molar-refractivity contribution is 7.13. The fourth-order valence-corrected chi connectivity index (χ4v) is 3.61. The molecule has 2 aromatic rings. The minimum absolute atomic E-state index is 0.0763. The van der Waals surface area contributed by atoms with Crippen LogP contribution < -0.4 is 10.6 Å². The number of thiazole rings is 1. The molecule has 0 radical (unpaired) electrons. The SMILES string of the molecule is CC1CNCCC1NC(=O)c1csc(-c2cccc(C(F)(F)F)c2)n1. The van der Waals surface area contributed by atoms with Gasteiger partial charge in [-0.25, -0.2) is 4.98 Å². The van der Waals surface area contributed by atoms with Gasteiger partial charge in [-0.2, -0.15) is 13.2 Å². The molecule has 0 saturated carbocycles. The van der Waals surface area contributed by atoms with Gasteiger partial charge in [-0.1, -0.05) is 19.1 Å². The van der Waals surface area contributed by atoms with E-state index in [9.17, 15) is 18.0 Å². The Balaban J connectivity index is 1.75. The Morgan fingerprint density at radius 3 is 2.92 bits per heavy atom. The first-order valence-electron chi connectivity index (χ1n) is 7.99. The minimum atomic E-state index is -4.40. The van der Waals surface area contributed by atoms with Crippen LogP contribution in [-0.2, 0) is 6.18 Å². The molecule has 8 heteroatoms. The zero-order valence-corrected chi connectivity index (χ0v) is 14.4. The third-order valence-electron chi connectivity index (χ3n) is 4.28. The maximum atomic E-state index is 12.8. The molecule has 2 atom stereocenters. The molecule has 1 saturated heterocycles. The minimum Gasteiger partial charge on any atom is -0.348 e. The molecule has 2 N–H and O–H groups in total. The smallest absolute Gasteiger partial charge is 0.348 e. The Morgan fingerprint density at radius 1 is 1.40 bits per heavy atom. The number of halogens is 3.